The van der Waals surface area contributed by atoms with Gasteiger partial charge in [0.05, 0.1) is 29.7 Å². The molecule has 3 aliphatic heterocycles. The number of piperidine rings is 1. The first-order valence-corrected chi connectivity index (χ1v) is 11.6. The van der Waals surface area contributed by atoms with Crippen molar-refractivity contribution in [3.05, 3.63) is 64.9 Å². The number of rotatable bonds is 3. The second-order valence-corrected chi connectivity index (χ2v) is 9.21. The van der Waals surface area contributed by atoms with Crippen LogP contribution in [0.3, 0.4) is 0 Å². The first-order chi connectivity index (χ1) is 16.1. The highest BCUT2D eigenvalue weighted by atomic mass is 35.5. The van der Waals surface area contributed by atoms with E-state index in [-0.39, 0.29) is 18.0 Å². The van der Waals surface area contributed by atoms with Crippen molar-refractivity contribution in [2.75, 3.05) is 18.0 Å². The van der Waals surface area contributed by atoms with Crippen LogP contribution in [0.15, 0.2) is 53.2 Å². The molecule has 0 spiro atoms. The molecule has 33 heavy (non-hydrogen) atoms. The van der Waals surface area contributed by atoms with E-state index in [0.717, 1.165) is 42.5 Å². The zero-order valence-electron chi connectivity index (χ0n) is 18.2. The van der Waals surface area contributed by atoms with Crippen LogP contribution < -0.4 is 4.90 Å². The highest BCUT2D eigenvalue weighted by molar-refractivity contribution is 6.31. The molecule has 5 heterocycles. The molecule has 0 N–H and O–H groups in total. The quantitative estimate of drug-likeness (QED) is 0.452. The number of aryl methyl sites for hydroxylation is 1. The van der Waals surface area contributed by atoms with Crippen molar-refractivity contribution in [2.24, 2.45) is 0 Å². The smallest absolute Gasteiger partial charge is 0.298 e. The Bertz CT molecular complexity index is 1330. The van der Waals surface area contributed by atoms with Gasteiger partial charge in [0.15, 0.2) is 5.58 Å². The van der Waals surface area contributed by atoms with Crippen molar-refractivity contribution in [3.63, 3.8) is 0 Å². The topological polar surface area (TPSA) is 80.3 Å². The Hall–Kier alpha value is -3.39. The lowest BCUT2D eigenvalue weighted by Gasteiger charge is -2.38. The number of halogens is 1. The van der Waals surface area contributed by atoms with Gasteiger partial charge in [-0.2, -0.15) is 20.0 Å². The lowest BCUT2D eigenvalue weighted by atomic mass is 9.97. The van der Waals surface area contributed by atoms with Crippen molar-refractivity contribution < 1.29 is 9.21 Å². The van der Waals surface area contributed by atoms with Crippen LogP contribution in [0.2, 0.25) is 5.02 Å². The van der Waals surface area contributed by atoms with Gasteiger partial charge < -0.3 is 14.2 Å². The summed E-state index contributed by atoms with van der Waals surface area (Å²) in [5.41, 5.74) is 3.82. The molecule has 4 aromatic rings. The Morgan fingerprint density at radius 3 is 2.73 bits per heavy atom. The third-order valence-electron chi connectivity index (χ3n) is 6.69. The standard InChI is InChI=1S/C24H23ClN6O2/c1-15-2-6-21(31-26-9-10-27-31)19(12-15)23(32)30-14-18-5-4-17(30)8-11-29(18)24-28-20-13-16(25)3-7-22(20)33-24/h2-3,6-7,9-10,12-13,17-18H,4-5,8,11,14H2,1H3/t17-,18?/m0/s1. The van der Waals surface area contributed by atoms with Gasteiger partial charge in [-0.05, 0) is 56.5 Å². The molecule has 2 bridgehead atoms. The Morgan fingerprint density at radius 1 is 1.06 bits per heavy atom. The van der Waals surface area contributed by atoms with Crippen molar-refractivity contribution in [1.82, 2.24) is 24.9 Å². The molecular formula is C24H23ClN6O2. The molecule has 0 saturated carbocycles. The maximum atomic E-state index is 13.8. The molecule has 3 saturated heterocycles. The van der Waals surface area contributed by atoms with Crippen LogP contribution in [0, 0.1) is 6.92 Å². The minimum atomic E-state index is 0.0203. The van der Waals surface area contributed by atoms with Gasteiger partial charge in [0.2, 0.25) is 0 Å². The lowest BCUT2D eigenvalue weighted by Crippen LogP contribution is -2.50. The second kappa shape index (κ2) is 7.88. The summed E-state index contributed by atoms with van der Waals surface area (Å²) in [7, 11) is 0. The maximum Gasteiger partial charge on any atom is 0.298 e. The number of fused-ring (bicyclic) bond motifs is 5. The molecule has 2 atom stereocenters. The Kier molecular flexibility index (Phi) is 4.83. The second-order valence-electron chi connectivity index (χ2n) is 8.77. The van der Waals surface area contributed by atoms with Gasteiger partial charge in [0.25, 0.3) is 11.9 Å². The summed E-state index contributed by atoms with van der Waals surface area (Å²) in [5.74, 6) is 0.0203. The molecule has 2 aromatic heterocycles. The maximum absolute atomic E-state index is 13.8. The van der Waals surface area contributed by atoms with Crippen molar-refractivity contribution in [2.45, 2.75) is 38.3 Å². The fourth-order valence-electron chi connectivity index (χ4n) is 5.04. The SMILES string of the molecule is Cc1ccc(-n2nccn2)c(C(=O)N2CC3CC[C@H]2CCN3c2nc3cc(Cl)ccc3o2)c1. The average molecular weight is 463 g/mol. The van der Waals surface area contributed by atoms with Crippen LogP contribution in [0.1, 0.15) is 35.2 Å². The monoisotopic (exact) mass is 462 g/mol. The van der Waals surface area contributed by atoms with Crippen LogP contribution in [-0.2, 0) is 0 Å². The molecule has 8 nitrogen and oxygen atoms in total. The van der Waals surface area contributed by atoms with Gasteiger partial charge in [0, 0.05) is 24.2 Å². The summed E-state index contributed by atoms with van der Waals surface area (Å²) in [4.78, 5) is 24.3. The molecule has 168 valence electrons. The lowest BCUT2D eigenvalue weighted by molar-refractivity contribution is 0.0611. The Balaban J connectivity index is 1.32. The number of amides is 1. The molecule has 1 unspecified atom stereocenters. The van der Waals surface area contributed by atoms with E-state index in [1.807, 2.05) is 42.2 Å². The summed E-state index contributed by atoms with van der Waals surface area (Å²) in [6, 6.07) is 12.2. The van der Waals surface area contributed by atoms with Crippen molar-refractivity contribution in [3.8, 4) is 5.69 Å². The number of hydrogen-bond acceptors (Lipinski definition) is 6. The summed E-state index contributed by atoms with van der Waals surface area (Å²) in [6.07, 6.45) is 6.05. The fourth-order valence-corrected chi connectivity index (χ4v) is 5.20. The van der Waals surface area contributed by atoms with E-state index in [1.54, 1.807) is 18.5 Å². The number of carbonyl (C=O) groups is 1. The fraction of sp³-hybridized carbons (Fsp3) is 0.333. The minimum absolute atomic E-state index is 0.0203. The van der Waals surface area contributed by atoms with E-state index < -0.39 is 0 Å². The van der Waals surface area contributed by atoms with Crippen LogP contribution in [0.5, 0.6) is 0 Å². The van der Waals surface area contributed by atoms with Gasteiger partial charge in [-0.25, -0.2) is 0 Å². The zero-order valence-corrected chi connectivity index (χ0v) is 18.9. The van der Waals surface area contributed by atoms with E-state index in [2.05, 4.69) is 15.1 Å². The number of nitrogens with zero attached hydrogens (tertiary/aromatic N) is 6. The summed E-state index contributed by atoms with van der Waals surface area (Å²) < 4.78 is 6.07. The molecule has 3 fully saturated rings. The molecule has 2 aromatic carbocycles. The molecule has 1 amide bonds. The van der Waals surface area contributed by atoms with Crippen LogP contribution in [0.4, 0.5) is 6.01 Å². The Morgan fingerprint density at radius 2 is 1.88 bits per heavy atom. The highest BCUT2D eigenvalue weighted by Crippen LogP contribution is 2.34. The van der Waals surface area contributed by atoms with Gasteiger partial charge in [0.1, 0.15) is 5.52 Å². The number of benzene rings is 2. The molecule has 7 rings (SSSR count). The molecule has 9 heteroatoms. The number of aromatic nitrogens is 4. The number of carbonyl (C=O) groups excluding carboxylic acids is 1. The predicted molar refractivity (Wildman–Crippen MR) is 125 cm³/mol. The summed E-state index contributed by atoms with van der Waals surface area (Å²) in [5, 5.41) is 9.13. The van der Waals surface area contributed by atoms with Gasteiger partial charge in [-0.3, -0.25) is 4.79 Å². The van der Waals surface area contributed by atoms with E-state index >= 15 is 0 Å². The highest BCUT2D eigenvalue weighted by Gasteiger charge is 2.40. The first-order valence-electron chi connectivity index (χ1n) is 11.2. The molecule has 0 aliphatic carbocycles. The number of hydrogen-bond donors (Lipinski definition) is 0. The van der Waals surface area contributed by atoms with Crippen LogP contribution >= 0.6 is 11.6 Å². The van der Waals surface area contributed by atoms with E-state index in [9.17, 15) is 4.79 Å². The van der Waals surface area contributed by atoms with Gasteiger partial charge in [-0.15, -0.1) is 0 Å². The van der Waals surface area contributed by atoms with Crippen molar-refractivity contribution in [1.29, 1.82) is 0 Å². The van der Waals surface area contributed by atoms with E-state index in [4.69, 9.17) is 21.0 Å². The molecule has 3 aliphatic rings. The summed E-state index contributed by atoms with van der Waals surface area (Å²) >= 11 is 6.13. The largest absolute Gasteiger partial charge is 0.423 e. The third kappa shape index (κ3) is 3.54. The van der Waals surface area contributed by atoms with Crippen LogP contribution in [0.25, 0.3) is 16.8 Å². The summed E-state index contributed by atoms with van der Waals surface area (Å²) in [6.45, 7) is 3.41. The number of anilines is 1. The Labute approximate surface area is 195 Å². The van der Waals surface area contributed by atoms with Gasteiger partial charge >= 0.3 is 0 Å². The minimum Gasteiger partial charge on any atom is -0.423 e. The van der Waals surface area contributed by atoms with Gasteiger partial charge in [-0.1, -0.05) is 23.2 Å². The van der Waals surface area contributed by atoms with E-state index in [0.29, 0.717) is 28.8 Å². The van der Waals surface area contributed by atoms with E-state index in [1.165, 1.54) is 4.80 Å². The zero-order chi connectivity index (χ0) is 22.5. The third-order valence-corrected chi connectivity index (χ3v) is 6.92. The predicted octanol–water partition coefficient (Wildman–Crippen LogP) is 4.25. The number of oxazole rings is 1. The first kappa shape index (κ1) is 20.2. The molecular weight excluding hydrogens is 440 g/mol. The van der Waals surface area contributed by atoms with Crippen LogP contribution in [-0.4, -0.2) is 56.0 Å². The molecule has 0 radical (unpaired) electrons. The van der Waals surface area contributed by atoms with Crippen molar-refractivity contribution >= 4 is 34.6 Å². The normalized spacial score (nSPS) is 20.4. The average Bonchev–Trinajstić information content (AvgIpc) is 3.41.